The van der Waals surface area contributed by atoms with Gasteiger partial charge in [0.05, 0.1) is 0 Å². The smallest absolute Gasteiger partial charge is 0.184 e. The molecule has 1 N–H and O–H groups in total. The van der Waals surface area contributed by atoms with Crippen molar-refractivity contribution in [1.29, 1.82) is 10.7 Å². The van der Waals surface area contributed by atoms with Gasteiger partial charge in [0.2, 0.25) is 0 Å². The lowest BCUT2D eigenvalue weighted by atomic mass is 10.0. The van der Waals surface area contributed by atoms with Crippen LogP contribution in [-0.2, 0) is 0 Å². The number of amidine groups is 1. The first-order chi connectivity index (χ1) is 7.06. The van der Waals surface area contributed by atoms with Crippen molar-refractivity contribution >= 4 is 17.4 Å². The molecule has 0 aliphatic carbocycles. The summed E-state index contributed by atoms with van der Waals surface area (Å²) in [6.07, 6.45) is 3.51. The van der Waals surface area contributed by atoms with Gasteiger partial charge in [-0.25, -0.2) is 4.98 Å². The summed E-state index contributed by atoms with van der Waals surface area (Å²) in [6, 6.07) is 3.48. The molecule has 1 aromatic heterocycles. The molecule has 0 saturated heterocycles. The van der Waals surface area contributed by atoms with E-state index < -0.39 is 0 Å². The molecular weight excluding hydrogens is 212 g/mol. The Labute approximate surface area is 93.6 Å². The molecule has 0 aliphatic rings. The van der Waals surface area contributed by atoms with Gasteiger partial charge in [0, 0.05) is 19.2 Å². The molecule has 78 valence electrons. The number of hydrogen-bond donors (Lipinski definition) is 1. The maximum absolute atomic E-state index is 8.64. The topological polar surface area (TPSA) is 63.8 Å². The molecule has 0 spiro atoms. The third-order valence-corrected chi connectivity index (χ3v) is 2.40. The highest BCUT2D eigenvalue weighted by Crippen LogP contribution is 2.17. The number of nitrogens with zero attached hydrogens (tertiary/aromatic N) is 3. The lowest BCUT2D eigenvalue weighted by Crippen LogP contribution is -2.25. The zero-order valence-electron chi connectivity index (χ0n) is 8.53. The summed E-state index contributed by atoms with van der Waals surface area (Å²) in [5.41, 5.74) is 0.867. The monoisotopic (exact) mass is 222 g/mol. The summed E-state index contributed by atoms with van der Waals surface area (Å²) in [7, 11) is 1.56. The Bertz CT molecular complexity index is 393. The van der Waals surface area contributed by atoms with Crippen LogP contribution in [0, 0.1) is 16.9 Å². The predicted molar refractivity (Wildman–Crippen MR) is 58.8 cm³/mol. The predicted octanol–water partition coefficient (Wildman–Crippen LogP) is 2.23. The Morgan fingerprint density at radius 1 is 1.67 bits per heavy atom. The van der Waals surface area contributed by atoms with Gasteiger partial charge in [0.15, 0.2) is 6.19 Å². The fourth-order valence-electron chi connectivity index (χ4n) is 1.15. The standard InChI is InChI=1S/C10H11ClN4/c1-7(10(13)15(2)6-12)8-3-4-9(11)14-5-8/h3-5,7,13H,1-2H3. The number of hydrogen-bond acceptors (Lipinski definition) is 3. The second-order valence-electron chi connectivity index (χ2n) is 3.18. The van der Waals surface area contributed by atoms with E-state index in [4.69, 9.17) is 22.3 Å². The summed E-state index contributed by atoms with van der Waals surface area (Å²) >= 11 is 5.66. The number of rotatable bonds is 2. The molecule has 0 aromatic carbocycles. The van der Waals surface area contributed by atoms with E-state index in [1.165, 1.54) is 4.90 Å². The van der Waals surface area contributed by atoms with Crippen LogP contribution in [0.15, 0.2) is 18.3 Å². The van der Waals surface area contributed by atoms with Crippen LogP contribution in [0.2, 0.25) is 5.15 Å². The van der Waals surface area contributed by atoms with Crippen LogP contribution < -0.4 is 0 Å². The fourth-order valence-corrected chi connectivity index (χ4v) is 1.26. The molecule has 0 aliphatic heterocycles. The molecule has 5 heteroatoms. The molecule has 0 radical (unpaired) electrons. The molecule has 1 atom stereocenters. The molecule has 0 bridgehead atoms. The highest BCUT2D eigenvalue weighted by Gasteiger charge is 2.15. The van der Waals surface area contributed by atoms with Crippen molar-refractivity contribution in [2.75, 3.05) is 7.05 Å². The van der Waals surface area contributed by atoms with Crippen LogP contribution in [-0.4, -0.2) is 22.8 Å². The highest BCUT2D eigenvalue weighted by molar-refractivity contribution is 6.29. The number of nitriles is 1. The number of pyridine rings is 1. The van der Waals surface area contributed by atoms with E-state index in [9.17, 15) is 0 Å². The molecule has 1 aromatic rings. The zero-order chi connectivity index (χ0) is 11.4. The second-order valence-corrected chi connectivity index (χ2v) is 3.57. The van der Waals surface area contributed by atoms with Crippen LogP contribution in [0.3, 0.4) is 0 Å². The quantitative estimate of drug-likeness (QED) is 0.274. The Hall–Kier alpha value is -1.60. The van der Waals surface area contributed by atoms with E-state index in [1.54, 1.807) is 25.4 Å². The molecule has 0 fully saturated rings. The maximum Gasteiger partial charge on any atom is 0.184 e. The Morgan fingerprint density at radius 3 is 2.80 bits per heavy atom. The van der Waals surface area contributed by atoms with Gasteiger partial charge in [0.1, 0.15) is 11.0 Å². The normalized spacial score (nSPS) is 11.6. The number of halogens is 1. The van der Waals surface area contributed by atoms with Crippen LogP contribution >= 0.6 is 11.6 Å². The first-order valence-corrected chi connectivity index (χ1v) is 4.77. The largest absolute Gasteiger partial charge is 0.287 e. The molecule has 1 unspecified atom stereocenters. The van der Waals surface area contributed by atoms with Crippen LogP contribution in [0.25, 0.3) is 0 Å². The average molecular weight is 223 g/mol. The third kappa shape index (κ3) is 2.67. The minimum Gasteiger partial charge on any atom is -0.287 e. The summed E-state index contributed by atoms with van der Waals surface area (Å²) in [5.74, 6) is 0.0704. The SMILES string of the molecule is CC(C(=N)N(C)C#N)c1ccc(Cl)nc1. The first kappa shape index (κ1) is 11.5. The van der Waals surface area contributed by atoms with Gasteiger partial charge in [0.25, 0.3) is 0 Å². The minimum absolute atomic E-state index is 0.167. The van der Waals surface area contributed by atoms with Crippen LogP contribution in [0.4, 0.5) is 0 Å². The Balaban J connectivity index is 2.86. The van der Waals surface area contributed by atoms with Crippen molar-refractivity contribution in [2.24, 2.45) is 0 Å². The highest BCUT2D eigenvalue weighted by atomic mass is 35.5. The van der Waals surface area contributed by atoms with Gasteiger partial charge in [-0.05, 0) is 11.6 Å². The van der Waals surface area contributed by atoms with E-state index in [2.05, 4.69) is 4.98 Å². The van der Waals surface area contributed by atoms with E-state index in [-0.39, 0.29) is 11.8 Å². The fraction of sp³-hybridized carbons (Fsp3) is 0.300. The molecule has 1 heterocycles. The molecule has 0 amide bonds. The van der Waals surface area contributed by atoms with E-state index in [0.717, 1.165) is 5.56 Å². The summed E-state index contributed by atoms with van der Waals surface area (Å²) in [6.45, 7) is 1.85. The van der Waals surface area contributed by atoms with E-state index >= 15 is 0 Å². The second kappa shape index (κ2) is 4.76. The van der Waals surface area contributed by atoms with Crippen LogP contribution in [0.1, 0.15) is 18.4 Å². The van der Waals surface area contributed by atoms with Gasteiger partial charge in [-0.1, -0.05) is 24.6 Å². The van der Waals surface area contributed by atoms with Crippen molar-refractivity contribution in [2.45, 2.75) is 12.8 Å². The van der Waals surface area contributed by atoms with Gasteiger partial charge in [-0.2, -0.15) is 5.26 Å². The Morgan fingerprint density at radius 2 is 2.33 bits per heavy atom. The lowest BCUT2D eigenvalue weighted by molar-refractivity contribution is 0.663. The summed E-state index contributed by atoms with van der Waals surface area (Å²) < 4.78 is 0. The van der Waals surface area contributed by atoms with Crippen molar-refractivity contribution in [3.05, 3.63) is 29.0 Å². The number of nitrogens with one attached hydrogen (secondary N) is 1. The molecule has 15 heavy (non-hydrogen) atoms. The van der Waals surface area contributed by atoms with Crippen LogP contribution in [0.5, 0.6) is 0 Å². The summed E-state index contributed by atoms with van der Waals surface area (Å²) in [5, 5.41) is 16.8. The molecule has 4 nitrogen and oxygen atoms in total. The molecule has 0 saturated carbocycles. The van der Waals surface area contributed by atoms with Crippen molar-refractivity contribution < 1.29 is 0 Å². The van der Waals surface area contributed by atoms with Crippen molar-refractivity contribution in [3.63, 3.8) is 0 Å². The number of aromatic nitrogens is 1. The summed E-state index contributed by atoms with van der Waals surface area (Å²) in [4.78, 5) is 5.16. The minimum atomic E-state index is -0.167. The average Bonchev–Trinajstić information content (AvgIpc) is 2.27. The lowest BCUT2D eigenvalue weighted by Gasteiger charge is -2.17. The van der Waals surface area contributed by atoms with E-state index in [0.29, 0.717) is 5.15 Å². The maximum atomic E-state index is 8.64. The van der Waals surface area contributed by atoms with Crippen molar-refractivity contribution in [1.82, 2.24) is 9.88 Å². The van der Waals surface area contributed by atoms with E-state index in [1.807, 2.05) is 13.1 Å². The number of likely N-dealkylation sites (N-methyl/N-ethyl adjacent to an activating group) is 1. The van der Waals surface area contributed by atoms with Gasteiger partial charge in [-0.3, -0.25) is 10.3 Å². The Kier molecular flexibility index (Phi) is 3.64. The van der Waals surface area contributed by atoms with Gasteiger partial charge in [-0.15, -0.1) is 0 Å². The molecular formula is C10H11ClN4. The van der Waals surface area contributed by atoms with Gasteiger partial charge >= 0.3 is 0 Å². The van der Waals surface area contributed by atoms with Crippen molar-refractivity contribution in [3.8, 4) is 6.19 Å². The third-order valence-electron chi connectivity index (χ3n) is 2.17. The first-order valence-electron chi connectivity index (χ1n) is 4.39. The van der Waals surface area contributed by atoms with Gasteiger partial charge < -0.3 is 0 Å². The molecule has 1 rings (SSSR count). The zero-order valence-corrected chi connectivity index (χ0v) is 9.28.